The van der Waals surface area contributed by atoms with E-state index in [0.29, 0.717) is 5.56 Å². The van der Waals surface area contributed by atoms with E-state index in [9.17, 15) is 23.3 Å². The second kappa shape index (κ2) is 7.81. The van der Waals surface area contributed by atoms with E-state index in [1.165, 1.54) is 19.2 Å². The first-order valence-electron chi connectivity index (χ1n) is 7.34. The van der Waals surface area contributed by atoms with E-state index < -0.39 is 26.9 Å². The number of rotatable bonds is 6. The molecule has 0 saturated carbocycles. The summed E-state index contributed by atoms with van der Waals surface area (Å²) in [6.07, 6.45) is 0.983. The second-order valence-corrected chi connectivity index (χ2v) is 7.95. The quantitative estimate of drug-likeness (QED) is 0.595. The van der Waals surface area contributed by atoms with Crippen molar-refractivity contribution in [2.24, 2.45) is 0 Å². The van der Waals surface area contributed by atoms with Gasteiger partial charge in [-0.1, -0.05) is 41.9 Å². The topological polar surface area (TPSA) is 110 Å². The Labute approximate surface area is 155 Å². The number of amides is 1. The van der Waals surface area contributed by atoms with Crippen molar-refractivity contribution in [2.45, 2.75) is 6.04 Å². The van der Waals surface area contributed by atoms with Crippen molar-refractivity contribution >= 4 is 38.9 Å². The summed E-state index contributed by atoms with van der Waals surface area (Å²) in [6.45, 7) is 0. The van der Waals surface area contributed by atoms with E-state index in [1.807, 2.05) is 0 Å². The number of hydrogen-bond donors (Lipinski definition) is 1. The summed E-state index contributed by atoms with van der Waals surface area (Å²) in [6, 6.07) is 10.7. The lowest BCUT2D eigenvalue weighted by molar-refractivity contribution is -0.384. The Kier molecular flexibility index (Phi) is 5.96. The first kappa shape index (κ1) is 19.8. The maximum atomic E-state index is 12.8. The number of carbonyl (C=O) groups is 1. The Balaban J connectivity index is 2.42. The van der Waals surface area contributed by atoms with Crippen molar-refractivity contribution in [2.75, 3.05) is 18.6 Å². The van der Waals surface area contributed by atoms with Crippen LogP contribution < -0.4 is 5.32 Å². The fourth-order valence-corrected chi connectivity index (χ4v) is 3.04. The van der Waals surface area contributed by atoms with Crippen molar-refractivity contribution in [3.63, 3.8) is 0 Å². The number of non-ortho nitro benzene ring substituents is 1. The molecule has 0 aliphatic carbocycles. The molecular weight excluding hydrogens is 382 g/mol. The van der Waals surface area contributed by atoms with Crippen LogP contribution in [0.1, 0.15) is 11.6 Å². The molecule has 0 fully saturated rings. The smallest absolute Gasteiger partial charge is 0.271 e. The largest absolute Gasteiger partial charge is 0.323 e. The molecule has 0 aromatic heterocycles. The van der Waals surface area contributed by atoms with Crippen LogP contribution in [0, 0.1) is 10.1 Å². The van der Waals surface area contributed by atoms with Gasteiger partial charge in [-0.05, 0) is 11.6 Å². The van der Waals surface area contributed by atoms with Gasteiger partial charge in [-0.3, -0.25) is 14.9 Å². The average molecular weight is 398 g/mol. The number of sulfonamides is 1. The van der Waals surface area contributed by atoms with Gasteiger partial charge in [0, 0.05) is 19.2 Å². The molecule has 0 heterocycles. The van der Waals surface area contributed by atoms with Gasteiger partial charge in [0.15, 0.2) is 0 Å². The molecule has 0 unspecified atom stereocenters. The van der Waals surface area contributed by atoms with Crippen LogP contribution in [0.15, 0.2) is 48.5 Å². The van der Waals surface area contributed by atoms with E-state index in [1.54, 1.807) is 30.3 Å². The maximum absolute atomic E-state index is 12.8. The Bertz CT molecular complexity index is 934. The van der Waals surface area contributed by atoms with Crippen LogP contribution in [-0.4, -0.2) is 36.9 Å². The number of nitrogens with one attached hydrogen (secondary N) is 1. The molecule has 8 nitrogen and oxygen atoms in total. The number of anilines is 1. The molecule has 138 valence electrons. The summed E-state index contributed by atoms with van der Waals surface area (Å²) in [5, 5.41) is 13.5. The van der Waals surface area contributed by atoms with Crippen molar-refractivity contribution < 1.29 is 18.1 Å². The number of benzene rings is 2. The normalized spacial score (nSPS) is 12.6. The van der Waals surface area contributed by atoms with Gasteiger partial charge in [-0.25, -0.2) is 8.42 Å². The molecule has 2 aromatic rings. The first-order chi connectivity index (χ1) is 12.1. The molecular formula is C16H16ClN3O5S. The number of nitro benzene ring substituents is 1. The SMILES string of the molecule is CN([C@@H](C(=O)Nc1cc([N+](=O)[O-])ccc1Cl)c1ccccc1)S(C)(=O)=O. The molecule has 0 spiro atoms. The fraction of sp³-hybridized carbons (Fsp3) is 0.188. The number of nitrogens with zero attached hydrogens (tertiary/aromatic N) is 2. The number of hydrogen-bond acceptors (Lipinski definition) is 5. The zero-order valence-corrected chi connectivity index (χ0v) is 15.5. The third-order valence-corrected chi connectivity index (χ3v) is 5.26. The summed E-state index contributed by atoms with van der Waals surface area (Å²) in [5.74, 6) is -0.688. The summed E-state index contributed by atoms with van der Waals surface area (Å²) >= 11 is 6.00. The molecule has 10 heteroatoms. The van der Waals surface area contributed by atoms with Gasteiger partial charge in [0.25, 0.3) is 5.69 Å². The molecule has 2 rings (SSSR count). The van der Waals surface area contributed by atoms with Gasteiger partial charge in [0.05, 0.1) is 21.9 Å². The summed E-state index contributed by atoms with van der Waals surface area (Å²) in [4.78, 5) is 23.1. The average Bonchev–Trinajstić information content (AvgIpc) is 2.57. The minimum atomic E-state index is -3.69. The van der Waals surface area contributed by atoms with Gasteiger partial charge in [0.1, 0.15) is 6.04 Å². The summed E-state index contributed by atoms with van der Waals surface area (Å²) < 4.78 is 24.8. The van der Waals surface area contributed by atoms with E-state index >= 15 is 0 Å². The molecule has 0 aliphatic rings. The Morgan fingerprint density at radius 1 is 1.23 bits per heavy atom. The van der Waals surface area contributed by atoms with Crippen molar-refractivity contribution in [1.82, 2.24) is 4.31 Å². The third-order valence-electron chi connectivity index (χ3n) is 3.67. The van der Waals surface area contributed by atoms with Crippen molar-refractivity contribution in [3.8, 4) is 0 Å². The number of nitro groups is 1. The lowest BCUT2D eigenvalue weighted by Crippen LogP contribution is -2.38. The van der Waals surface area contributed by atoms with Gasteiger partial charge in [-0.2, -0.15) is 4.31 Å². The maximum Gasteiger partial charge on any atom is 0.271 e. The van der Waals surface area contributed by atoms with E-state index in [2.05, 4.69) is 5.32 Å². The van der Waals surface area contributed by atoms with Gasteiger partial charge in [0.2, 0.25) is 15.9 Å². The van der Waals surface area contributed by atoms with Crippen molar-refractivity contribution in [1.29, 1.82) is 0 Å². The Hall–Kier alpha value is -2.49. The van der Waals surface area contributed by atoms with Crippen LogP contribution in [0.25, 0.3) is 0 Å². The van der Waals surface area contributed by atoms with Crippen LogP contribution in [0.2, 0.25) is 5.02 Å². The molecule has 1 N–H and O–H groups in total. The third kappa shape index (κ3) is 4.57. The lowest BCUT2D eigenvalue weighted by atomic mass is 10.1. The zero-order valence-electron chi connectivity index (χ0n) is 13.9. The molecule has 0 aliphatic heterocycles. The van der Waals surface area contributed by atoms with Gasteiger partial charge < -0.3 is 5.32 Å². The van der Waals surface area contributed by atoms with E-state index in [4.69, 9.17) is 11.6 Å². The molecule has 1 atom stereocenters. The highest BCUT2D eigenvalue weighted by atomic mass is 35.5. The monoisotopic (exact) mass is 397 g/mol. The molecule has 2 aromatic carbocycles. The molecule has 0 bridgehead atoms. The molecule has 0 saturated heterocycles. The number of likely N-dealkylation sites (N-methyl/N-ethyl adjacent to an activating group) is 1. The predicted octanol–water partition coefficient (Wildman–Crippen LogP) is 2.82. The predicted molar refractivity (Wildman–Crippen MR) is 98.5 cm³/mol. The van der Waals surface area contributed by atoms with Gasteiger partial charge >= 0.3 is 0 Å². The standard InChI is InChI=1S/C16H16ClN3O5S/c1-19(26(2,24)25)15(11-6-4-3-5-7-11)16(21)18-14-10-12(20(22)23)8-9-13(14)17/h3-10,15H,1-2H3,(H,18,21)/t15-/m1/s1. The minimum absolute atomic E-state index is 0.0219. The number of halogens is 1. The van der Waals surface area contributed by atoms with Crippen LogP contribution in [0.3, 0.4) is 0 Å². The first-order valence-corrected chi connectivity index (χ1v) is 9.56. The highest BCUT2D eigenvalue weighted by molar-refractivity contribution is 7.88. The van der Waals surface area contributed by atoms with Crippen LogP contribution >= 0.6 is 11.6 Å². The summed E-state index contributed by atoms with van der Waals surface area (Å²) in [7, 11) is -2.41. The zero-order chi connectivity index (χ0) is 19.5. The fourth-order valence-electron chi connectivity index (χ4n) is 2.28. The van der Waals surface area contributed by atoms with Crippen LogP contribution in [0.5, 0.6) is 0 Å². The minimum Gasteiger partial charge on any atom is -0.323 e. The molecule has 26 heavy (non-hydrogen) atoms. The van der Waals surface area contributed by atoms with Gasteiger partial charge in [-0.15, -0.1) is 0 Å². The van der Waals surface area contributed by atoms with Crippen molar-refractivity contribution in [3.05, 3.63) is 69.2 Å². The second-order valence-electron chi connectivity index (χ2n) is 5.50. The summed E-state index contributed by atoms with van der Waals surface area (Å²) in [5.41, 5.74) is 0.214. The van der Waals surface area contributed by atoms with E-state index in [0.717, 1.165) is 16.6 Å². The van der Waals surface area contributed by atoms with E-state index in [-0.39, 0.29) is 16.4 Å². The lowest BCUT2D eigenvalue weighted by Gasteiger charge is -2.25. The Morgan fingerprint density at radius 3 is 2.38 bits per heavy atom. The van der Waals surface area contributed by atoms with Crippen LogP contribution in [0.4, 0.5) is 11.4 Å². The molecule has 1 amide bonds. The molecule has 0 radical (unpaired) electrons. The highest BCUT2D eigenvalue weighted by Gasteiger charge is 2.31. The van der Waals surface area contributed by atoms with Crippen LogP contribution in [-0.2, 0) is 14.8 Å². The Morgan fingerprint density at radius 2 is 1.85 bits per heavy atom. The number of carbonyl (C=O) groups excluding carboxylic acids is 1. The highest BCUT2D eigenvalue weighted by Crippen LogP contribution is 2.29.